The molecule has 28 heavy (non-hydrogen) atoms. The quantitative estimate of drug-likeness (QED) is 0.554. The molecule has 0 radical (unpaired) electrons. The van der Waals surface area contributed by atoms with Gasteiger partial charge in [0.1, 0.15) is 11.6 Å². The number of rotatable bonds is 8. The Hall–Kier alpha value is -3.66. The average molecular weight is 382 g/mol. The number of nitrogens with one attached hydrogen (secondary N) is 1. The van der Waals surface area contributed by atoms with Gasteiger partial charge in [0.15, 0.2) is 23.0 Å². The van der Waals surface area contributed by atoms with E-state index in [1.54, 1.807) is 36.4 Å². The number of amides is 1. The summed E-state index contributed by atoms with van der Waals surface area (Å²) in [5.74, 6) is 1.44. The number of hydrogen-bond acceptors (Lipinski definition) is 6. The van der Waals surface area contributed by atoms with Crippen LogP contribution in [0.25, 0.3) is 6.08 Å². The molecule has 0 atom stereocenters. The van der Waals surface area contributed by atoms with Crippen molar-refractivity contribution in [3.63, 3.8) is 0 Å². The molecular formula is C21H22N2O5. The van der Waals surface area contributed by atoms with Gasteiger partial charge in [0.25, 0.3) is 5.91 Å². The number of hydrogen-bond donors (Lipinski definition) is 1. The fourth-order valence-electron chi connectivity index (χ4n) is 2.55. The Kier molecular flexibility index (Phi) is 7.28. The van der Waals surface area contributed by atoms with Crippen molar-refractivity contribution in [1.29, 1.82) is 5.26 Å². The minimum absolute atomic E-state index is 0.0817. The summed E-state index contributed by atoms with van der Waals surface area (Å²) in [6.45, 7) is 2.33. The molecule has 0 aromatic heterocycles. The van der Waals surface area contributed by atoms with Crippen LogP contribution in [-0.2, 0) is 4.79 Å². The number of anilines is 1. The Labute approximate surface area is 164 Å². The van der Waals surface area contributed by atoms with E-state index in [4.69, 9.17) is 18.9 Å². The Morgan fingerprint density at radius 3 is 2.43 bits per heavy atom. The van der Waals surface area contributed by atoms with E-state index in [9.17, 15) is 10.1 Å². The number of para-hydroxylation sites is 1. The summed E-state index contributed by atoms with van der Waals surface area (Å²) in [5.41, 5.74) is 0.952. The molecule has 0 heterocycles. The first-order valence-electron chi connectivity index (χ1n) is 8.52. The second kappa shape index (κ2) is 9.88. The lowest BCUT2D eigenvalue weighted by Gasteiger charge is -2.12. The van der Waals surface area contributed by atoms with E-state index >= 15 is 0 Å². The van der Waals surface area contributed by atoms with E-state index in [0.29, 0.717) is 40.9 Å². The lowest BCUT2D eigenvalue weighted by molar-refractivity contribution is -0.112. The third kappa shape index (κ3) is 4.74. The van der Waals surface area contributed by atoms with Crippen LogP contribution >= 0.6 is 0 Å². The number of nitriles is 1. The molecule has 0 aliphatic rings. The summed E-state index contributed by atoms with van der Waals surface area (Å²) in [6, 6.07) is 12.1. The fraction of sp³-hybridized carbons (Fsp3) is 0.238. The predicted molar refractivity (Wildman–Crippen MR) is 106 cm³/mol. The van der Waals surface area contributed by atoms with Crippen LogP contribution in [0, 0.1) is 11.3 Å². The van der Waals surface area contributed by atoms with Gasteiger partial charge in [-0.05, 0) is 31.2 Å². The minimum atomic E-state index is -0.557. The Morgan fingerprint density at radius 2 is 1.82 bits per heavy atom. The molecule has 7 nitrogen and oxygen atoms in total. The Balaban J connectivity index is 2.32. The Morgan fingerprint density at radius 1 is 1.07 bits per heavy atom. The van der Waals surface area contributed by atoms with Crippen molar-refractivity contribution in [2.24, 2.45) is 0 Å². The molecule has 1 amide bonds. The summed E-state index contributed by atoms with van der Waals surface area (Å²) in [5, 5.41) is 12.1. The van der Waals surface area contributed by atoms with E-state index in [0.717, 1.165) is 0 Å². The van der Waals surface area contributed by atoms with Crippen molar-refractivity contribution < 1.29 is 23.7 Å². The molecule has 0 unspecified atom stereocenters. The van der Waals surface area contributed by atoms with Crippen LogP contribution in [0.2, 0.25) is 0 Å². The molecule has 0 aliphatic carbocycles. The van der Waals surface area contributed by atoms with Crippen molar-refractivity contribution in [3.05, 3.63) is 47.5 Å². The van der Waals surface area contributed by atoms with Gasteiger partial charge in [-0.1, -0.05) is 12.1 Å². The standard InChI is InChI=1S/C21H22N2O5/c1-5-28-18-8-6-7-14(20(18)27-4)11-15(13-22)21(24)23-16-9-10-17(25-2)19(12-16)26-3/h6-12H,5H2,1-4H3,(H,23,24)/b15-11+. The summed E-state index contributed by atoms with van der Waals surface area (Å²) in [6.07, 6.45) is 1.46. The summed E-state index contributed by atoms with van der Waals surface area (Å²) in [7, 11) is 4.53. The van der Waals surface area contributed by atoms with Gasteiger partial charge in [0.2, 0.25) is 0 Å². The summed E-state index contributed by atoms with van der Waals surface area (Å²) >= 11 is 0. The van der Waals surface area contributed by atoms with Gasteiger partial charge in [0, 0.05) is 17.3 Å². The summed E-state index contributed by atoms with van der Waals surface area (Å²) < 4.78 is 21.3. The molecule has 2 aromatic rings. The van der Waals surface area contributed by atoms with E-state index < -0.39 is 5.91 Å². The van der Waals surface area contributed by atoms with Crippen LogP contribution in [-0.4, -0.2) is 33.8 Å². The lowest BCUT2D eigenvalue weighted by Crippen LogP contribution is -2.13. The highest BCUT2D eigenvalue weighted by Crippen LogP contribution is 2.33. The topological polar surface area (TPSA) is 89.8 Å². The zero-order chi connectivity index (χ0) is 20.5. The molecule has 2 rings (SSSR count). The van der Waals surface area contributed by atoms with E-state index in [-0.39, 0.29) is 5.57 Å². The molecule has 0 bridgehead atoms. The van der Waals surface area contributed by atoms with Crippen molar-refractivity contribution in [2.45, 2.75) is 6.92 Å². The van der Waals surface area contributed by atoms with Gasteiger partial charge in [-0.3, -0.25) is 4.79 Å². The monoisotopic (exact) mass is 382 g/mol. The normalized spacial score (nSPS) is 10.6. The molecule has 7 heteroatoms. The van der Waals surface area contributed by atoms with E-state index in [1.165, 1.54) is 27.4 Å². The first kappa shape index (κ1) is 20.6. The van der Waals surface area contributed by atoms with Crippen LogP contribution in [0.4, 0.5) is 5.69 Å². The molecule has 0 saturated carbocycles. The molecule has 0 fully saturated rings. The molecule has 1 N–H and O–H groups in total. The highest BCUT2D eigenvalue weighted by molar-refractivity contribution is 6.10. The lowest BCUT2D eigenvalue weighted by atomic mass is 10.1. The molecule has 146 valence electrons. The number of benzene rings is 2. The third-order valence-electron chi connectivity index (χ3n) is 3.82. The van der Waals surface area contributed by atoms with Crippen molar-refractivity contribution in [1.82, 2.24) is 0 Å². The molecule has 0 spiro atoms. The number of carbonyl (C=O) groups is 1. The third-order valence-corrected chi connectivity index (χ3v) is 3.82. The highest BCUT2D eigenvalue weighted by Gasteiger charge is 2.14. The van der Waals surface area contributed by atoms with Gasteiger partial charge in [0.05, 0.1) is 27.9 Å². The van der Waals surface area contributed by atoms with Gasteiger partial charge in [-0.15, -0.1) is 0 Å². The van der Waals surface area contributed by atoms with E-state index in [2.05, 4.69) is 5.32 Å². The second-order valence-corrected chi connectivity index (χ2v) is 5.51. The maximum Gasteiger partial charge on any atom is 0.266 e. The number of nitrogens with zero attached hydrogens (tertiary/aromatic N) is 1. The maximum absolute atomic E-state index is 12.6. The largest absolute Gasteiger partial charge is 0.493 e. The van der Waals surface area contributed by atoms with Gasteiger partial charge < -0.3 is 24.3 Å². The van der Waals surface area contributed by atoms with Gasteiger partial charge in [-0.2, -0.15) is 5.26 Å². The van der Waals surface area contributed by atoms with E-state index in [1.807, 2.05) is 13.0 Å². The molecule has 2 aromatic carbocycles. The first-order chi connectivity index (χ1) is 13.6. The summed E-state index contributed by atoms with van der Waals surface area (Å²) in [4.78, 5) is 12.6. The molecule has 0 saturated heterocycles. The Bertz CT molecular complexity index is 915. The van der Waals surface area contributed by atoms with Crippen LogP contribution < -0.4 is 24.3 Å². The van der Waals surface area contributed by atoms with Gasteiger partial charge >= 0.3 is 0 Å². The number of methoxy groups -OCH3 is 3. The van der Waals surface area contributed by atoms with Crippen molar-refractivity contribution >= 4 is 17.7 Å². The molecular weight excluding hydrogens is 360 g/mol. The van der Waals surface area contributed by atoms with Crippen LogP contribution in [0.15, 0.2) is 42.0 Å². The SMILES string of the molecule is CCOc1cccc(/C=C(\C#N)C(=O)Nc2ccc(OC)c(OC)c2)c1OC. The molecule has 0 aliphatic heterocycles. The zero-order valence-electron chi connectivity index (χ0n) is 16.2. The smallest absolute Gasteiger partial charge is 0.266 e. The number of carbonyl (C=O) groups excluding carboxylic acids is 1. The van der Waals surface area contributed by atoms with Crippen LogP contribution in [0.5, 0.6) is 23.0 Å². The van der Waals surface area contributed by atoms with Crippen molar-refractivity contribution in [3.8, 4) is 29.1 Å². The predicted octanol–water partition coefficient (Wildman–Crippen LogP) is 3.66. The van der Waals surface area contributed by atoms with Gasteiger partial charge in [-0.25, -0.2) is 0 Å². The fourth-order valence-corrected chi connectivity index (χ4v) is 2.55. The highest BCUT2D eigenvalue weighted by atomic mass is 16.5. The van der Waals surface area contributed by atoms with Crippen LogP contribution in [0.1, 0.15) is 12.5 Å². The first-order valence-corrected chi connectivity index (χ1v) is 8.52. The van der Waals surface area contributed by atoms with Crippen LogP contribution in [0.3, 0.4) is 0 Å². The zero-order valence-corrected chi connectivity index (χ0v) is 16.2. The minimum Gasteiger partial charge on any atom is -0.493 e. The van der Waals surface area contributed by atoms with Crippen molar-refractivity contribution in [2.75, 3.05) is 33.3 Å². The average Bonchev–Trinajstić information content (AvgIpc) is 2.72. The second-order valence-electron chi connectivity index (χ2n) is 5.51. The number of ether oxygens (including phenoxy) is 4. The maximum atomic E-state index is 12.6.